The molecule has 55 heavy (non-hydrogen) atoms. The van der Waals surface area contributed by atoms with Gasteiger partial charge in [-0.3, -0.25) is 0 Å². The second-order valence-corrected chi connectivity index (χ2v) is 16.8. The topological polar surface area (TPSA) is 3.24 Å². The van der Waals surface area contributed by atoms with Gasteiger partial charge in [-0.25, -0.2) is 0 Å². The quantitative estimate of drug-likeness (QED) is 0.117. The number of hydrogen-bond acceptors (Lipinski definition) is 1. The first-order valence-corrected chi connectivity index (χ1v) is 20.6. The average molecular weight is 716 g/mol. The van der Waals surface area contributed by atoms with E-state index in [-0.39, 0.29) is 10.8 Å². The lowest BCUT2D eigenvalue weighted by Gasteiger charge is -2.39. The van der Waals surface area contributed by atoms with E-state index in [4.69, 9.17) is 0 Å². The third kappa shape index (κ3) is 5.91. The molecule has 2 unspecified atom stereocenters. The molecule has 274 valence electrons. The molecular formula is C54H53N. The number of hydrogen-bond donors (Lipinski definition) is 0. The highest BCUT2D eigenvalue weighted by molar-refractivity contribution is 6.14. The Hall–Kier alpha value is -5.40. The fourth-order valence-electron chi connectivity index (χ4n) is 10.3. The number of nitrogens with zero attached hydrogens (tertiary/aromatic N) is 1. The van der Waals surface area contributed by atoms with Gasteiger partial charge in [-0.2, -0.15) is 0 Å². The summed E-state index contributed by atoms with van der Waals surface area (Å²) in [5.41, 5.74) is 15.7. The predicted molar refractivity (Wildman–Crippen MR) is 237 cm³/mol. The summed E-state index contributed by atoms with van der Waals surface area (Å²) in [5, 5.41) is 5.15. The van der Waals surface area contributed by atoms with Crippen LogP contribution in [0.5, 0.6) is 0 Å². The van der Waals surface area contributed by atoms with Gasteiger partial charge in [0, 0.05) is 22.2 Å². The average Bonchev–Trinajstić information content (AvgIpc) is 3.32. The van der Waals surface area contributed by atoms with Crippen molar-refractivity contribution >= 4 is 44.1 Å². The third-order valence-corrected chi connectivity index (χ3v) is 13.5. The standard InChI is InChI=1S/C54H53N/c1-6-16-40-35-39(44-19-12-15-24-51(44)54(40,5)7-2)28-25-37-26-29-41(30-27-37)55(52-36-38-17-8-9-18-43(38)45-20-10-11-22-48(45)52)42-31-33-47-46-21-13-14-23-49(46)53(3,4)50(47)34-32-42/h8-24,26-31,33,36,50H,6-7,25,32,34-35H2,1-5H3/b39-28+,40-16+. The molecule has 0 radical (unpaired) electrons. The molecular weight excluding hydrogens is 663 g/mol. The van der Waals surface area contributed by atoms with Crippen LogP contribution in [0, 0.1) is 5.92 Å². The Morgan fingerprint density at radius 2 is 1.35 bits per heavy atom. The highest BCUT2D eigenvalue weighted by atomic mass is 15.1. The van der Waals surface area contributed by atoms with E-state index in [2.05, 4.69) is 191 Å². The Labute approximate surface area is 328 Å². The van der Waals surface area contributed by atoms with Crippen molar-refractivity contribution < 1.29 is 0 Å². The van der Waals surface area contributed by atoms with Crippen LogP contribution < -0.4 is 4.90 Å². The Bertz CT molecular complexity index is 2560. The zero-order valence-electron chi connectivity index (χ0n) is 33.2. The summed E-state index contributed by atoms with van der Waals surface area (Å²) < 4.78 is 0. The molecule has 0 N–H and O–H groups in total. The van der Waals surface area contributed by atoms with E-state index in [1.807, 2.05) is 0 Å². The summed E-state index contributed by atoms with van der Waals surface area (Å²) in [7, 11) is 0. The zero-order valence-corrected chi connectivity index (χ0v) is 33.2. The van der Waals surface area contributed by atoms with Crippen LogP contribution in [0.15, 0.2) is 163 Å². The minimum Gasteiger partial charge on any atom is -0.314 e. The van der Waals surface area contributed by atoms with Crippen molar-refractivity contribution in [3.63, 3.8) is 0 Å². The lowest BCUT2D eigenvalue weighted by molar-refractivity contribution is 0.391. The van der Waals surface area contributed by atoms with Crippen molar-refractivity contribution in [2.24, 2.45) is 5.92 Å². The van der Waals surface area contributed by atoms with Crippen LogP contribution in [0.2, 0.25) is 0 Å². The lowest BCUT2D eigenvalue weighted by Crippen LogP contribution is -2.29. The Morgan fingerprint density at radius 1 is 0.673 bits per heavy atom. The molecule has 0 heterocycles. The van der Waals surface area contributed by atoms with Gasteiger partial charge in [-0.05, 0) is 129 Å². The van der Waals surface area contributed by atoms with Crippen LogP contribution in [0.25, 0.3) is 32.7 Å². The monoisotopic (exact) mass is 715 g/mol. The van der Waals surface area contributed by atoms with E-state index >= 15 is 0 Å². The summed E-state index contributed by atoms with van der Waals surface area (Å²) >= 11 is 0. The number of rotatable bonds is 7. The Morgan fingerprint density at radius 3 is 2.11 bits per heavy atom. The molecule has 0 saturated heterocycles. The van der Waals surface area contributed by atoms with Gasteiger partial charge in [0.05, 0.1) is 5.69 Å². The molecule has 1 heteroatoms. The SMILES string of the molecule is CC/C=C1\C/C(=C\Cc2ccc(N(C3=CC=C4c5ccccc5C(C)(C)C4CC3)c3cc4ccccc4c4ccccc34)cc2)c2ccccc2C1(C)CC. The fraction of sp³-hybridized carbons (Fsp3) is 0.259. The van der Waals surface area contributed by atoms with Crippen molar-refractivity contribution in [3.05, 3.63) is 191 Å². The normalized spacial score (nSPS) is 21.5. The van der Waals surface area contributed by atoms with E-state index in [0.717, 1.165) is 38.5 Å². The lowest BCUT2D eigenvalue weighted by atomic mass is 9.64. The summed E-state index contributed by atoms with van der Waals surface area (Å²) in [5.74, 6) is 0.483. The van der Waals surface area contributed by atoms with E-state index < -0.39 is 0 Å². The first-order chi connectivity index (χ1) is 26.8. The Kier molecular flexibility index (Phi) is 9.01. The summed E-state index contributed by atoms with van der Waals surface area (Å²) in [6.45, 7) is 11.9. The van der Waals surface area contributed by atoms with Crippen LogP contribution in [0.3, 0.4) is 0 Å². The van der Waals surface area contributed by atoms with Crippen LogP contribution in [-0.4, -0.2) is 0 Å². The fourth-order valence-corrected chi connectivity index (χ4v) is 10.3. The van der Waals surface area contributed by atoms with Gasteiger partial charge in [-0.15, -0.1) is 0 Å². The number of allylic oxidation sites excluding steroid dienone is 8. The molecule has 1 nitrogen and oxygen atoms in total. The first-order valence-electron chi connectivity index (χ1n) is 20.6. The van der Waals surface area contributed by atoms with Crippen LogP contribution in [0.1, 0.15) is 94.5 Å². The molecule has 0 aliphatic heterocycles. The first kappa shape index (κ1) is 35.3. The molecule has 6 aromatic carbocycles. The molecule has 9 rings (SSSR count). The van der Waals surface area contributed by atoms with Gasteiger partial charge in [-0.1, -0.05) is 168 Å². The maximum absolute atomic E-state index is 2.57. The molecule has 0 fully saturated rings. The smallest absolute Gasteiger partial charge is 0.0543 e. The van der Waals surface area contributed by atoms with Gasteiger partial charge >= 0.3 is 0 Å². The van der Waals surface area contributed by atoms with Crippen LogP contribution in [-0.2, 0) is 17.3 Å². The van der Waals surface area contributed by atoms with Crippen molar-refractivity contribution in [1.29, 1.82) is 0 Å². The number of benzene rings is 6. The largest absolute Gasteiger partial charge is 0.314 e. The summed E-state index contributed by atoms with van der Waals surface area (Å²) in [6, 6.07) is 47.9. The van der Waals surface area contributed by atoms with Gasteiger partial charge in [0.15, 0.2) is 0 Å². The minimum atomic E-state index is 0.0996. The molecule has 0 amide bonds. The van der Waals surface area contributed by atoms with E-state index in [1.165, 1.54) is 77.6 Å². The highest BCUT2D eigenvalue weighted by Crippen LogP contribution is 2.54. The van der Waals surface area contributed by atoms with E-state index in [0.29, 0.717) is 5.92 Å². The second kappa shape index (κ2) is 14.0. The van der Waals surface area contributed by atoms with Crippen molar-refractivity contribution in [3.8, 4) is 0 Å². The highest BCUT2D eigenvalue weighted by Gasteiger charge is 2.43. The Balaban J connectivity index is 1.13. The molecule has 0 spiro atoms. The van der Waals surface area contributed by atoms with Gasteiger partial charge in [0.2, 0.25) is 0 Å². The maximum atomic E-state index is 2.57. The zero-order chi connectivity index (χ0) is 37.7. The maximum Gasteiger partial charge on any atom is 0.0543 e. The van der Waals surface area contributed by atoms with Crippen LogP contribution >= 0.6 is 0 Å². The van der Waals surface area contributed by atoms with Crippen molar-refractivity contribution in [2.75, 3.05) is 4.90 Å². The molecule has 3 aliphatic carbocycles. The minimum absolute atomic E-state index is 0.0996. The molecule has 6 aromatic rings. The van der Waals surface area contributed by atoms with Crippen molar-refractivity contribution in [1.82, 2.24) is 0 Å². The molecule has 3 aliphatic rings. The third-order valence-electron chi connectivity index (χ3n) is 13.5. The molecule has 0 aromatic heterocycles. The number of fused-ring (bicyclic) bond motifs is 7. The van der Waals surface area contributed by atoms with Gasteiger partial charge in [0.1, 0.15) is 0 Å². The molecule has 2 atom stereocenters. The summed E-state index contributed by atoms with van der Waals surface area (Å²) in [6.07, 6.45) is 16.1. The number of anilines is 2. The van der Waals surface area contributed by atoms with Crippen LogP contribution in [0.4, 0.5) is 11.4 Å². The van der Waals surface area contributed by atoms with Crippen molar-refractivity contribution in [2.45, 2.75) is 84.0 Å². The predicted octanol–water partition coefficient (Wildman–Crippen LogP) is 14.8. The van der Waals surface area contributed by atoms with Gasteiger partial charge < -0.3 is 4.90 Å². The molecule has 0 saturated carbocycles. The van der Waals surface area contributed by atoms with Gasteiger partial charge in [0.25, 0.3) is 0 Å². The summed E-state index contributed by atoms with van der Waals surface area (Å²) in [4.78, 5) is 2.57. The second-order valence-electron chi connectivity index (χ2n) is 16.8. The van der Waals surface area contributed by atoms with E-state index in [1.54, 1.807) is 5.57 Å². The van der Waals surface area contributed by atoms with E-state index in [9.17, 15) is 0 Å². The molecule has 0 bridgehead atoms.